The lowest BCUT2D eigenvalue weighted by Gasteiger charge is -2.03. The van der Waals surface area contributed by atoms with Gasteiger partial charge in [0.2, 0.25) is 0 Å². The highest BCUT2D eigenvalue weighted by atomic mass is 79.9. The lowest BCUT2D eigenvalue weighted by molar-refractivity contribution is 1.07. The fraction of sp³-hybridized carbons (Fsp3) is 0.222. The van der Waals surface area contributed by atoms with Crippen molar-refractivity contribution < 1.29 is 0 Å². The average Bonchev–Trinajstić information content (AvgIpc) is 2.17. The second-order valence-corrected chi connectivity index (χ2v) is 3.14. The molecule has 0 aliphatic rings. The highest BCUT2D eigenvalue weighted by Crippen LogP contribution is 2.20. The van der Waals surface area contributed by atoms with Crippen LogP contribution in [0.3, 0.4) is 0 Å². The molecule has 0 radical (unpaired) electrons. The van der Waals surface area contributed by atoms with Gasteiger partial charge in [0.25, 0.3) is 0 Å². The fourth-order valence-corrected chi connectivity index (χ4v) is 1.53. The number of nitriles is 2. The van der Waals surface area contributed by atoms with Crippen LogP contribution in [0, 0.1) is 22.7 Å². The predicted octanol–water partition coefficient (Wildman–Crippen LogP) is 2.15. The summed E-state index contributed by atoms with van der Waals surface area (Å²) >= 11 is 3.17. The summed E-state index contributed by atoms with van der Waals surface area (Å²) in [6, 6.07) is 4.04. The van der Waals surface area contributed by atoms with Gasteiger partial charge in [0.1, 0.15) is 16.7 Å². The van der Waals surface area contributed by atoms with Crippen molar-refractivity contribution in [3.63, 3.8) is 0 Å². The maximum Gasteiger partial charge on any atom is 0.124 e. The van der Waals surface area contributed by atoms with Crippen LogP contribution < -0.4 is 0 Å². The first-order chi connectivity index (χ1) is 6.24. The van der Waals surface area contributed by atoms with Crippen LogP contribution in [0.1, 0.15) is 23.6 Å². The Morgan fingerprint density at radius 3 is 2.62 bits per heavy atom. The predicted molar refractivity (Wildman–Crippen MR) is 50.7 cm³/mol. The Bertz CT molecular complexity index is 412. The van der Waals surface area contributed by atoms with E-state index in [2.05, 4.69) is 20.9 Å². The van der Waals surface area contributed by atoms with Gasteiger partial charge in [-0.1, -0.05) is 6.92 Å². The van der Waals surface area contributed by atoms with Crippen LogP contribution in [0.15, 0.2) is 10.8 Å². The minimum absolute atomic E-state index is 0.460. The summed E-state index contributed by atoms with van der Waals surface area (Å²) in [7, 11) is 0. The Kier molecular flexibility index (Phi) is 3.00. The van der Waals surface area contributed by atoms with Crippen molar-refractivity contribution in [1.82, 2.24) is 4.98 Å². The summed E-state index contributed by atoms with van der Waals surface area (Å²) in [5, 5.41) is 17.6. The molecule has 64 valence electrons. The molecule has 0 aliphatic carbocycles. The summed E-state index contributed by atoms with van der Waals surface area (Å²) in [6.45, 7) is 1.91. The van der Waals surface area contributed by atoms with E-state index >= 15 is 0 Å². The Morgan fingerprint density at radius 2 is 2.15 bits per heavy atom. The van der Waals surface area contributed by atoms with Gasteiger partial charge in [-0.3, -0.25) is 0 Å². The lowest BCUT2D eigenvalue weighted by Crippen LogP contribution is -1.96. The zero-order valence-corrected chi connectivity index (χ0v) is 8.59. The molecular weight excluding hydrogens is 230 g/mol. The first-order valence-electron chi connectivity index (χ1n) is 3.72. The maximum absolute atomic E-state index is 8.82. The number of aromatic nitrogens is 1. The van der Waals surface area contributed by atoms with E-state index in [0.717, 1.165) is 5.56 Å². The Morgan fingerprint density at radius 1 is 1.46 bits per heavy atom. The topological polar surface area (TPSA) is 60.5 Å². The van der Waals surface area contributed by atoms with Crippen LogP contribution in [0.2, 0.25) is 0 Å². The summed E-state index contributed by atoms with van der Waals surface area (Å²) in [6.07, 6.45) is 2.14. The molecule has 0 saturated carbocycles. The number of pyridine rings is 1. The van der Waals surface area contributed by atoms with Gasteiger partial charge in [-0.2, -0.15) is 10.5 Å². The molecule has 0 aliphatic heterocycles. The summed E-state index contributed by atoms with van der Waals surface area (Å²) in [4.78, 5) is 3.90. The third-order valence-corrected chi connectivity index (χ3v) is 2.33. The standard InChI is InChI=1S/C9H6BrN3/c1-2-7-6(3-11)5-13-9(10)8(7)4-12/h5H,2H2,1H3. The van der Waals surface area contributed by atoms with Gasteiger partial charge < -0.3 is 0 Å². The van der Waals surface area contributed by atoms with Crippen LogP contribution in [-0.4, -0.2) is 4.98 Å². The zero-order valence-electron chi connectivity index (χ0n) is 7.00. The van der Waals surface area contributed by atoms with Gasteiger partial charge in [-0.15, -0.1) is 0 Å². The molecule has 0 amide bonds. The molecule has 1 aromatic heterocycles. The number of halogens is 1. The zero-order chi connectivity index (χ0) is 9.84. The minimum atomic E-state index is 0.460. The van der Waals surface area contributed by atoms with Gasteiger partial charge in [0.15, 0.2) is 0 Å². The molecule has 0 unspecified atom stereocenters. The van der Waals surface area contributed by atoms with Crippen molar-refractivity contribution in [2.24, 2.45) is 0 Å². The van der Waals surface area contributed by atoms with Gasteiger partial charge in [-0.05, 0) is 27.9 Å². The molecule has 0 fully saturated rings. The molecule has 0 N–H and O–H groups in total. The first-order valence-corrected chi connectivity index (χ1v) is 4.51. The Labute approximate surface area is 84.8 Å². The molecule has 1 rings (SSSR count). The van der Waals surface area contributed by atoms with E-state index in [1.54, 1.807) is 0 Å². The van der Waals surface area contributed by atoms with Gasteiger partial charge >= 0.3 is 0 Å². The van der Waals surface area contributed by atoms with E-state index in [4.69, 9.17) is 10.5 Å². The van der Waals surface area contributed by atoms with Crippen LogP contribution in [-0.2, 0) is 6.42 Å². The molecule has 0 bridgehead atoms. The Balaban J connectivity index is 3.50. The third-order valence-electron chi connectivity index (χ3n) is 1.73. The summed E-state index contributed by atoms with van der Waals surface area (Å²) in [5.74, 6) is 0. The smallest absolute Gasteiger partial charge is 0.124 e. The quantitative estimate of drug-likeness (QED) is 0.702. The van der Waals surface area contributed by atoms with E-state index in [0.29, 0.717) is 22.2 Å². The number of nitrogens with zero attached hydrogens (tertiary/aromatic N) is 3. The molecule has 1 heterocycles. The van der Waals surface area contributed by atoms with Crippen LogP contribution in [0.25, 0.3) is 0 Å². The van der Waals surface area contributed by atoms with Gasteiger partial charge in [0, 0.05) is 6.20 Å². The molecule has 0 aromatic carbocycles. The number of hydrogen-bond donors (Lipinski definition) is 0. The average molecular weight is 236 g/mol. The highest BCUT2D eigenvalue weighted by Gasteiger charge is 2.10. The normalized spacial score (nSPS) is 8.92. The second-order valence-electron chi connectivity index (χ2n) is 2.39. The molecule has 0 atom stereocenters. The SMILES string of the molecule is CCc1c(C#N)cnc(Br)c1C#N. The van der Waals surface area contributed by atoms with E-state index < -0.39 is 0 Å². The molecule has 3 nitrogen and oxygen atoms in total. The van der Waals surface area contributed by atoms with Crippen molar-refractivity contribution >= 4 is 15.9 Å². The van der Waals surface area contributed by atoms with Crippen LogP contribution >= 0.6 is 15.9 Å². The van der Waals surface area contributed by atoms with Crippen LogP contribution in [0.4, 0.5) is 0 Å². The molecule has 0 saturated heterocycles. The third kappa shape index (κ3) is 1.68. The second kappa shape index (κ2) is 4.02. The summed E-state index contributed by atoms with van der Waals surface area (Å²) < 4.78 is 0.505. The van der Waals surface area contributed by atoms with Crippen LogP contribution in [0.5, 0.6) is 0 Å². The maximum atomic E-state index is 8.82. The van der Waals surface area contributed by atoms with E-state index in [1.165, 1.54) is 6.20 Å². The van der Waals surface area contributed by atoms with Crippen molar-refractivity contribution in [3.05, 3.63) is 27.5 Å². The van der Waals surface area contributed by atoms with Gasteiger partial charge in [0.05, 0.1) is 11.1 Å². The highest BCUT2D eigenvalue weighted by molar-refractivity contribution is 9.10. The van der Waals surface area contributed by atoms with E-state index in [9.17, 15) is 0 Å². The number of rotatable bonds is 1. The van der Waals surface area contributed by atoms with E-state index in [-0.39, 0.29) is 0 Å². The molecule has 4 heteroatoms. The van der Waals surface area contributed by atoms with Gasteiger partial charge in [-0.25, -0.2) is 4.98 Å². The van der Waals surface area contributed by atoms with Crippen molar-refractivity contribution in [2.45, 2.75) is 13.3 Å². The molecule has 1 aromatic rings. The number of hydrogen-bond acceptors (Lipinski definition) is 3. The lowest BCUT2D eigenvalue weighted by atomic mass is 10.0. The minimum Gasteiger partial charge on any atom is -0.247 e. The van der Waals surface area contributed by atoms with Crippen molar-refractivity contribution in [3.8, 4) is 12.1 Å². The van der Waals surface area contributed by atoms with Crippen molar-refractivity contribution in [1.29, 1.82) is 10.5 Å². The molecule has 13 heavy (non-hydrogen) atoms. The molecule has 0 spiro atoms. The fourth-order valence-electron chi connectivity index (χ4n) is 1.10. The van der Waals surface area contributed by atoms with Crippen molar-refractivity contribution in [2.75, 3.05) is 0 Å². The summed E-state index contributed by atoms with van der Waals surface area (Å²) in [5.41, 5.74) is 1.69. The molecular formula is C9H6BrN3. The largest absolute Gasteiger partial charge is 0.247 e. The Hall–Kier alpha value is -1.39. The monoisotopic (exact) mass is 235 g/mol. The first kappa shape index (κ1) is 9.70. The van der Waals surface area contributed by atoms with E-state index in [1.807, 2.05) is 19.1 Å².